The number of halogens is 2. The minimum atomic E-state index is -1.72. The zero-order chi connectivity index (χ0) is 13.7. The lowest BCUT2D eigenvalue weighted by Crippen LogP contribution is -2.55. The van der Waals surface area contributed by atoms with Gasteiger partial charge in [0.15, 0.2) is 0 Å². The molecule has 0 fully saturated rings. The molecule has 0 bridgehead atoms. The van der Waals surface area contributed by atoms with Crippen LogP contribution in [0.25, 0.3) is 0 Å². The van der Waals surface area contributed by atoms with Gasteiger partial charge in [0.2, 0.25) is 0 Å². The Hall–Kier alpha value is -0.333. The van der Waals surface area contributed by atoms with Gasteiger partial charge in [0, 0.05) is 0 Å². The predicted octanol–water partition coefficient (Wildman–Crippen LogP) is 4.67. The van der Waals surface area contributed by atoms with E-state index in [1.54, 1.807) is 0 Å². The van der Waals surface area contributed by atoms with Crippen LogP contribution < -0.4 is 10.4 Å². The van der Waals surface area contributed by atoms with E-state index < -0.39 is 14.7 Å². The van der Waals surface area contributed by atoms with Gasteiger partial charge in [-0.2, -0.15) is 0 Å². The number of hydrogen-bond donors (Lipinski definition) is 0. The molecule has 0 atom stereocenters. The van der Waals surface area contributed by atoms with Crippen LogP contribution >= 0.6 is 29.1 Å². The second-order valence-corrected chi connectivity index (χ2v) is 13.2. The molecule has 0 aliphatic carbocycles. The first-order valence-electron chi connectivity index (χ1n) is 6.33. The van der Waals surface area contributed by atoms with E-state index in [9.17, 15) is 0 Å². The summed E-state index contributed by atoms with van der Waals surface area (Å²) in [6, 6.07) is 22.7. The van der Waals surface area contributed by atoms with Crippen molar-refractivity contribution in [3.8, 4) is 0 Å². The van der Waals surface area contributed by atoms with Gasteiger partial charge in [-0.1, -0.05) is 100 Å². The van der Waals surface area contributed by atoms with Crippen molar-refractivity contribution in [2.45, 2.75) is 12.6 Å². The second-order valence-electron chi connectivity index (χ2n) is 4.84. The van der Waals surface area contributed by atoms with Crippen LogP contribution in [-0.2, 0) is 0 Å². The Morgan fingerprint density at radius 2 is 1.26 bits per heavy atom. The standard InChI is InChI=1S/C15H17Cl2PSi/c1-19(13-12-18(16)17,14-8-4-2-5-9-14)15-10-6-3-7-11-15/h2-11H,12-13H2,1H3. The van der Waals surface area contributed by atoms with Gasteiger partial charge in [0.1, 0.15) is 8.07 Å². The van der Waals surface area contributed by atoms with E-state index in [0.29, 0.717) is 0 Å². The van der Waals surface area contributed by atoms with Crippen molar-refractivity contribution in [2.75, 3.05) is 6.16 Å². The average Bonchev–Trinajstić information content (AvgIpc) is 2.46. The molecule has 0 saturated heterocycles. The van der Waals surface area contributed by atoms with E-state index in [0.717, 1.165) is 12.2 Å². The normalized spacial score (nSPS) is 11.8. The third-order valence-corrected chi connectivity index (χ3v) is 10.1. The summed E-state index contributed by atoms with van der Waals surface area (Å²) in [5.74, 6) is 0. The van der Waals surface area contributed by atoms with E-state index in [-0.39, 0.29) is 0 Å². The van der Waals surface area contributed by atoms with Gasteiger partial charge in [-0.3, -0.25) is 0 Å². The van der Waals surface area contributed by atoms with Crippen LogP contribution in [0.5, 0.6) is 0 Å². The van der Waals surface area contributed by atoms with E-state index in [1.165, 1.54) is 10.4 Å². The van der Waals surface area contributed by atoms with Gasteiger partial charge >= 0.3 is 0 Å². The highest BCUT2D eigenvalue weighted by molar-refractivity contribution is 8.04. The molecule has 100 valence electrons. The lowest BCUT2D eigenvalue weighted by Gasteiger charge is -2.29. The Morgan fingerprint density at radius 3 is 1.63 bits per heavy atom. The minimum absolute atomic E-state index is 0.866. The maximum atomic E-state index is 6.01. The topological polar surface area (TPSA) is 0 Å². The Labute approximate surface area is 127 Å². The minimum Gasteiger partial charge on any atom is -0.0781 e. The molecule has 0 heterocycles. The first kappa shape index (κ1) is 15.1. The highest BCUT2D eigenvalue weighted by Gasteiger charge is 2.31. The quantitative estimate of drug-likeness (QED) is 0.553. The van der Waals surface area contributed by atoms with Gasteiger partial charge in [-0.15, -0.1) is 0 Å². The highest BCUT2D eigenvalue weighted by atomic mass is 35.9. The molecule has 0 N–H and O–H groups in total. The maximum absolute atomic E-state index is 6.01. The van der Waals surface area contributed by atoms with Crippen LogP contribution in [0.4, 0.5) is 0 Å². The Bertz CT molecular complexity index is 463. The molecule has 0 amide bonds. The Kier molecular flexibility index (Phi) is 5.47. The molecule has 19 heavy (non-hydrogen) atoms. The van der Waals surface area contributed by atoms with E-state index in [4.69, 9.17) is 22.5 Å². The summed E-state index contributed by atoms with van der Waals surface area (Å²) in [5, 5.41) is 2.90. The molecule has 2 aromatic carbocycles. The van der Waals surface area contributed by atoms with Gasteiger partial charge in [0.05, 0.1) is 6.63 Å². The molecule has 0 unspecified atom stereocenters. The van der Waals surface area contributed by atoms with Crippen molar-refractivity contribution in [3.05, 3.63) is 60.7 Å². The zero-order valence-corrected chi connectivity index (χ0v) is 14.3. The highest BCUT2D eigenvalue weighted by Crippen LogP contribution is 2.47. The third-order valence-electron chi connectivity index (χ3n) is 3.60. The molecule has 0 saturated carbocycles. The Balaban J connectivity index is 2.39. The molecular weight excluding hydrogens is 310 g/mol. The molecule has 4 heteroatoms. The lowest BCUT2D eigenvalue weighted by molar-refractivity contribution is 1.41. The van der Waals surface area contributed by atoms with Crippen molar-refractivity contribution in [1.29, 1.82) is 0 Å². The molecule has 0 aliphatic rings. The fourth-order valence-electron chi connectivity index (χ4n) is 2.38. The van der Waals surface area contributed by atoms with Gasteiger partial charge < -0.3 is 0 Å². The van der Waals surface area contributed by atoms with Crippen LogP contribution in [0, 0.1) is 0 Å². The number of benzene rings is 2. The average molecular weight is 327 g/mol. The van der Waals surface area contributed by atoms with Gasteiger partial charge in [-0.05, 0) is 12.2 Å². The summed E-state index contributed by atoms with van der Waals surface area (Å²) in [6.45, 7) is 1.54. The largest absolute Gasteiger partial charge is 0.115 e. The van der Waals surface area contributed by atoms with Crippen molar-refractivity contribution in [3.63, 3.8) is 0 Å². The van der Waals surface area contributed by atoms with Crippen LogP contribution in [0.3, 0.4) is 0 Å². The van der Waals surface area contributed by atoms with E-state index >= 15 is 0 Å². The summed E-state index contributed by atoms with van der Waals surface area (Å²) in [4.78, 5) is 0. The molecule has 0 aliphatic heterocycles. The molecule has 0 nitrogen and oxygen atoms in total. The lowest BCUT2D eigenvalue weighted by atomic mass is 10.4. The zero-order valence-electron chi connectivity index (χ0n) is 10.9. The van der Waals surface area contributed by atoms with Gasteiger partial charge in [-0.25, -0.2) is 0 Å². The summed E-state index contributed by atoms with van der Waals surface area (Å²) in [5.41, 5.74) is 0. The summed E-state index contributed by atoms with van der Waals surface area (Å²) in [6.07, 6.45) is 0.908. The molecule has 2 rings (SSSR count). The smallest absolute Gasteiger partial charge is 0.0781 e. The second kappa shape index (κ2) is 6.90. The fourth-order valence-corrected chi connectivity index (χ4v) is 9.13. The molecule has 2 aromatic rings. The third kappa shape index (κ3) is 3.83. The van der Waals surface area contributed by atoms with Crippen molar-refractivity contribution < 1.29 is 0 Å². The fraction of sp³-hybridized carbons (Fsp3) is 0.200. The first-order chi connectivity index (χ1) is 9.13. The van der Waals surface area contributed by atoms with Crippen LogP contribution in [0.2, 0.25) is 12.6 Å². The van der Waals surface area contributed by atoms with E-state index in [2.05, 4.69) is 67.2 Å². The molecule has 0 radical (unpaired) electrons. The van der Waals surface area contributed by atoms with Crippen LogP contribution in [0.15, 0.2) is 60.7 Å². The number of hydrogen-bond acceptors (Lipinski definition) is 0. The summed E-state index contributed by atoms with van der Waals surface area (Å²) < 4.78 is 0. The summed E-state index contributed by atoms with van der Waals surface area (Å²) >= 11 is 12.0. The SMILES string of the molecule is C[Si](CCP(Cl)Cl)(c1ccccc1)c1ccccc1. The van der Waals surface area contributed by atoms with Gasteiger partial charge in [0.25, 0.3) is 0 Å². The predicted molar refractivity (Wildman–Crippen MR) is 92.1 cm³/mol. The first-order valence-corrected chi connectivity index (χ1v) is 12.4. The van der Waals surface area contributed by atoms with Crippen LogP contribution in [0.1, 0.15) is 0 Å². The monoisotopic (exact) mass is 326 g/mol. The molecule has 0 aromatic heterocycles. The number of rotatable bonds is 5. The van der Waals surface area contributed by atoms with Crippen molar-refractivity contribution >= 4 is 47.6 Å². The molecular formula is C15H17Cl2PSi. The van der Waals surface area contributed by atoms with E-state index in [1.807, 2.05) is 0 Å². The van der Waals surface area contributed by atoms with Crippen molar-refractivity contribution in [1.82, 2.24) is 0 Å². The maximum Gasteiger partial charge on any atom is 0.115 e. The van der Waals surface area contributed by atoms with Crippen LogP contribution in [-0.4, -0.2) is 14.2 Å². The van der Waals surface area contributed by atoms with Crippen molar-refractivity contribution in [2.24, 2.45) is 0 Å². The Morgan fingerprint density at radius 1 is 0.842 bits per heavy atom. The summed E-state index contributed by atoms with van der Waals surface area (Å²) in [7, 11) is -1.72. The molecule has 0 spiro atoms.